The van der Waals surface area contributed by atoms with E-state index in [1.165, 1.54) is 18.3 Å². The Morgan fingerprint density at radius 3 is 2.66 bits per heavy atom. The maximum Gasteiger partial charge on any atom is 0.416 e. The highest BCUT2D eigenvalue weighted by atomic mass is 35.5. The molecule has 0 atom stereocenters. The van der Waals surface area contributed by atoms with Crippen molar-refractivity contribution in [3.8, 4) is 17.0 Å². The molecule has 11 heteroatoms. The summed E-state index contributed by atoms with van der Waals surface area (Å²) in [6.07, 6.45) is -0.906. The highest BCUT2D eigenvalue weighted by Crippen LogP contribution is 2.40. The number of alkyl halides is 3. The molecule has 35 heavy (non-hydrogen) atoms. The number of fused-ring (bicyclic) bond motifs is 1. The van der Waals surface area contributed by atoms with Crippen LogP contribution in [0.2, 0.25) is 5.02 Å². The lowest BCUT2D eigenvalue weighted by atomic mass is 10.1. The summed E-state index contributed by atoms with van der Waals surface area (Å²) in [5.74, 6) is 0.397. The Balaban J connectivity index is 1.63. The number of aromatic nitrogens is 4. The van der Waals surface area contributed by atoms with Crippen LogP contribution in [0.4, 0.5) is 29.2 Å². The van der Waals surface area contributed by atoms with Gasteiger partial charge in [-0.05, 0) is 56.0 Å². The minimum absolute atomic E-state index is 0.113. The maximum atomic E-state index is 15.2. The summed E-state index contributed by atoms with van der Waals surface area (Å²) in [5.41, 5.74) is 0.619. The summed E-state index contributed by atoms with van der Waals surface area (Å²) < 4.78 is 60.4. The van der Waals surface area contributed by atoms with E-state index in [0.29, 0.717) is 29.3 Å². The third-order valence-corrected chi connectivity index (χ3v) is 6.10. The Labute approximate surface area is 202 Å². The number of nitrogens with one attached hydrogen (secondary N) is 1. The van der Waals surface area contributed by atoms with Crippen LogP contribution >= 0.6 is 11.6 Å². The van der Waals surface area contributed by atoms with Crippen LogP contribution in [0.25, 0.3) is 22.3 Å². The summed E-state index contributed by atoms with van der Waals surface area (Å²) in [7, 11) is 0. The number of nitrogens with zero attached hydrogens (tertiary/aromatic N) is 4. The van der Waals surface area contributed by atoms with Gasteiger partial charge < -0.3 is 9.64 Å². The molecule has 0 aliphatic heterocycles. The van der Waals surface area contributed by atoms with Gasteiger partial charge in [0, 0.05) is 6.54 Å². The molecule has 0 saturated heterocycles. The molecule has 2 heterocycles. The Morgan fingerprint density at radius 1 is 1.17 bits per heavy atom. The first-order valence-electron chi connectivity index (χ1n) is 11.0. The summed E-state index contributed by atoms with van der Waals surface area (Å²) in [6, 6.07) is 7.63. The van der Waals surface area contributed by atoms with Crippen LogP contribution < -0.4 is 9.64 Å². The van der Waals surface area contributed by atoms with Crippen LogP contribution in [0.3, 0.4) is 0 Å². The molecule has 182 valence electrons. The molecule has 0 spiro atoms. The summed E-state index contributed by atoms with van der Waals surface area (Å²) in [5, 5.41) is 6.72. The van der Waals surface area contributed by atoms with E-state index in [1.807, 2.05) is 0 Å². The fourth-order valence-corrected chi connectivity index (χ4v) is 4.08. The number of ether oxygens (including phenoxy) is 1. The van der Waals surface area contributed by atoms with Gasteiger partial charge in [-0.15, -0.1) is 0 Å². The lowest BCUT2D eigenvalue weighted by Crippen LogP contribution is -2.20. The molecule has 1 fully saturated rings. The maximum absolute atomic E-state index is 15.2. The van der Waals surface area contributed by atoms with E-state index < -0.39 is 17.6 Å². The lowest BCUT2D eigenvalue weighted by molar-refractivity contribution is -0.137. The van der Waals surface area contributed by atoms with Crippen molar-refractivity contribution in [3.05, 3.63) is 59.0 Å². The molecule has 1 saturated carbocycles. The first-order chi connectivity index (χ1) is 16.8. The molecular weight excluding hydrogens is 486 g/mol. The average Bonchev–Trinajstić information content (AvgIpc) is 3.52. The number of H-pyrrole nitrogens is 1. The average molecular weight is 506 g/mol. The van der Waals surface area contributed by atoms with E-state index in [1.54, 1.807) is 24.0 Å². The van der Waals surface area contributed by atoms with E-state index in [9.17, 15) is 13.2 Å². The standard InChI is InChI=1S/C24H20ClF4N5O/c1-2-34(18-9-8-14(10-15(18)25)24(27,28)29)23-31-17-11-30-33-21(17)22(32-23)20-16(26)4-3-5-19(20)35-12-13-6-7-13/h3-5,8-11,13H,2,6-7,12H2,1H3,(H,30,33). The summed E-state index contributed by atoms with van der Waals surface area (Å²) >= 11 is 6.24. The number of hydrogen-bond donors (Lipinski definition) is 1. The second kappa shape index (κ2) is 8.99. The third kappa shape index (κ3) is 4.62. The Morgan fingerprint density at radius 2 is 1.97 bits per heavy atom. The largest absolute Gasteiger partial charge is 0.492 e. The minimum Gasteiger partial charge on any atom is -0.492 e. The molecule has 5 rings (SSSR count). The van der Waals surface area contributed by atoms with Gasteiger partial charge in [-0.3, -0.25) is 5.10 Å². The quantitative estimate of drug-likeness (QED) is 0.280. The number of aromatic amines is 1. The molecule has 0 unspecified atom stereocenters. The molecule has 6 nitrogen and oxygen atoms in total. The molecule has 0 amide bonds. The number of rotatable bonds is 7. The van der Waals surface area contributed by atoms with Gasteiger partial charge in [0.1, 0.15) is 28.3 Å². The van der Waals surface area contributed by atoms with E-state index in [4.69, 9.17) is 16.3 Å². The molecule has 1 N–H and O–H groups in total. The lowest BCUT2D eigenvalue weighted by Gasteiger charge is -2.23. The SMILES string of the molecule is CCN(c1nc(-c2c(F)cccc2OCC2CC2)c2[nH]ncc2n1)c1ccc(C(F)(F)F)cc1Cl. The molecule has 2 aromatic carbocycles. The van der Waals surface area contributed by atoms with Gasteiger partial charge >= 0.3 is 6.18 Å². The van der Waals surface area contributed by atoms with Gasteiger partial charge in [-0.1, -0.05) is 17.7 Å². The molecule has 2 aromatic heterocycles. The van der Waals surface area contributed by atoms with Crippen molar-refractivity contribution >= 4 is 34.3 Å². The molecule has 0 bridgehead atoms. The first-order valence-corrected chi connectivity index (χ1v) is 11.4. The fourth-order valence-electron chi connectivity index (χ4n) is 3.80. The van der Waals surface area contributed by atoms with Crippen LogP contribution in [0.1, 0.15) is 25.3 Å². The second-order valence-corrected chi connectivity index (χ2v) is 8.69. The minimum atomic E-state index is -4.53. The predicted molar refractivity (Wildman–Crippen MR) is 124 cm³/mol. The zero-order valence-electron chi connectivity index (χ0n) is 18.5. The van der Waals surface area contributed by atoms with E-state index in [0.717, 1.165) is 25.0 Å². The second-order valence-electron chi connectivity index (χ2n) is 8.28. The van der Waals surface area contributed by atoms with Gasteiger partial charge in [0.25, 0.3) is 0 Å². The topological polar surface area (TPSA) is 66.9 Å². The van der Waals surface area contributed by atoms with Gasteiger partial charge in [0.15, 0.2) is 0 Å². The van der Waals surface area contributed by atoms with Crippen molar-refractivity contribution in [2.24, 2.45) is 5.92 Å². The van der Waals surface area contributed by atoms with Gasteiger partial charge in [-0.2, -0.15) is 18.3 Å². The molecule has 1 aliphatic carbocycles. The van der Waals surface area contributed by atoms with Crippen molar-refractivity contribution in [1.82, 2.24) is 20.2 Å². The van der Waals surface area contributed by atoms with E-state index in [2.05, 4.69) is 20.2 Å². The first kappa shape index (κ1) is 23.3. The van der Waals surface area contributed by atoms with Crippen molar-refractivity contribution in [1.29, 1.82) is 0 Å². The van der Waals surface area contributed by atoms with Crippen LogP contribution in [-0.4, -0.2) is 33.3 Å². The number of hydrogen-bond acceptors (Lipinski definition) is 5. The number of halogens is 5. The van der Waals surface area contributed by atoms with Crippen molar-refractivity contribution in [3.63, 3.8) is 0 Å². The normalized spacial score (nSPS) is 13.9. The van der Waals surface area contributed by atoms with Gasteiger partial charge in [-0.25, -0.2) is 14.4 Å². The fraction of sp³-hybridized carbons (Fsp3) is 0.292. The number of anilines is 2. The van der Waals surface area contributed by atoms with Crippen LogP contribution in [0.15, 0.2) is 42.6 Å². The Hall–Kier alpha value is -3.40. The Kier molecular flexibility index (Phi) is 6.00. The molecule has 1 aliphatic rings. The summed E-state index contributed by atoms with van der Waals surface area (Å²) in [6.45, 7) is 2.54. The zero-order chi connectivity index (χ0) is 24.7. The third-order valence-electron chi connectivity index (χ3n) is 5.80. The van der Waals surface area contributed by atoms with Crippen molar-refractivity contribution in [2.75, 3.05) is 18.1 Å². The van der Waals surface area contributed by atoms with Crippen molar-refractivity contribution < 1.29 is 22.3 Å². The Bertz CT molecular complexity index is 1390. The smallest absolute Gasteiger partial charge is 0.416 e. The van der Waals surface area contributed by atoms with E-state index >= 15 is 4.39 Å². The monoisotopic (exact) mass is 505 g/mol. The van der Waals surface area contributed by atoms with Crippen LogP contribution in [0, 0.1) is 11.7 Å². The van der Waals surface area contributed by atoms with Gasteiger partial charge in [0.05, 0.1) is 34.6 Å². The molecule has 4 aromatic rings. The van der Waals surface area contributed by atoms with Crippen LogP contribution in [-0.2, 0) is 6.18 Å². The molecular formula is C24H20ClF4N5O. The predicted octanol–water partition coefficient (Wildman–Crippen LogP) is 6.78. The summed E-state index contributed by atoms with van der Waals surface area (Å²) in [4.78, 5) is 10.7. The highest BCUT2D eigenvalue weighted by Gasteiger charge is 2.32. The molecule has 0 radical (unpaired) electrons. The van der Waals surface area contributed by atoms with Gasteiger partial charge in [0.2, 0.25) is 5.95 Å². The van der Waals surface area contributed by atoms with E-state index in [-0.39, 0.29) is 34.5 Å². The number of benzene rings is 2. The highest BCUT2D eigenvalue weighted by molar-refractivity contribution is 6.33. The van der Waals surface area contributed by atoms with Crippen molar-refractivity contribution in [2.45, 2.75) is 25.9 Å². The zero-order valence-corrected chi connectivity index (χ0v) is 19.3. The van der Waals surface area contributed by atoms with Crippen LogP contribution in [0.5, 0.6) is 5.75 Å².